The number of sulfone groups is 1. The van der Waals surface area contributed by atoms with Gasteiger partial charge in [-0.3, -0.25) is 29.0 Å². The minimum Gasteiger partial charge on any atom is -0.481 e. The highest BCUT2D eigenvalue weighted by Gasteiger charge is 2.27. The number of likely N-dealkylation sites (N-methyl/N-ethyl adjacent to an activating group) is 1. The third-order valence-corrected chi connectivity index (χ3v) is 7.92. The molecule has 0 aliphatic carbocycles. The van der Waals surface area contributed by atoms with E-state index in [4.69, 9.17) is 5.11 Å². The molecule has 3 rings (SSSR count). The number of aromatic nitrogens is 1. The number of hydrogen-bond acceptors (Lipinski definition) is 9. The monoisotopic (exact) mass is 639 g/mol. The van der Waals surface area contributed by atoms with Gasteiger partial charge >= 0.3 is 11.9 Å². The minimum atomic E-state index is -3.92. The van der Waals surface area contributed by atoms with Crippen LogP contribution < -0.4 is 21.3 Å². The van der Waals surface area contributed by atoms with E-state index in [0.29, 0.717) is 11.2 Å². The number of nitrogens with zero attached hydrogens (tertiary/aromatic N) is 1. The summed E-state index contributed by atoms with van der Waals surface area (Å²) in [4.78, 5) is 65.8. The third-order valence-electron chi connectivity index (χ3n) is 6.47. The fourth-order valence-electron chi connectivity index (χ4n) is 4.20. The Morgan fingerprint density at radius 3 is 2.16 bits per heavy atom. The van der Waals surface area contributed by atoms with Crippen molar-refractivity contribution in [3.63, 3.8) is 0 Å². The first-order chi connectivity index (χ1) is 21.4. The maximum Gasteiger partial charge on any atom is 0.305 e. The lowest BCUT2D eigenvalue weighted by Gasteiger charge is -2.22. The molecule has 0 saturated carbocycles. The first kappa shape index (κ1) is 34.3. The van der Waals surface area contributed by atoms with E-state index in [1.165, 1.54) is 31.3 Å². The second-order valence-corrected chi connectivity index (χ2v) is 11.7. The third kappa shape index (κ3) is 10.8. The maximum atomic E-state index is 13.2. The number of carbonyl (C=O) groups is 5. The average molecular weight is 640 g/mol. The lowest BCUT2D eigenvalue weighted by atomic mass is 10.1. The largest absolute Gasteiger partial charge is 0.481 e. The molecule has 0 radical (unpaired) electrons. The summed E-state index contributed by atoms with van der Waals surface area (Å²) in [6.45, 7) is -0.643. The van der Waals surface area contributed by atoms with Crippen molar-refractivity contribution in [2.45, 2.75) is 42.3 Å². The van der Waals surface area contributed by atoms with Gasteiger partial charge in [-0.2, -0.15) is 0 Å². The van der Waals surface area contributed by atoms with Crippen LogP contribution in [-0.2, 0) is 40.2 Å². The molecule has 0 bridgehead atoms. The number of nitrogens with one attached hydrogen (secondary N) is 4. The smallest absolute Gasteiger partial charge is 0.305 e. The quantitative estimate of drug-likeness (QED) is 0.126. The van der Waals surface area contributed by atoms with Gasteiger partial charge in [0.15, 0.2) is 9.84 Å². The van der Waals surface area contributed by atoms with E-state index in [2.05, 4.69) is 26.3 Å². The zero-order valence-corrected chi connectivity index (χ0v) is 25.0. The van der Waals surface area contributed by atoms with Gasteiger partial charge in [-0.25, -0.2) is 8.42 Å². The van der Waals surface area contributed by atoms with E-state index in [1.54, 1.807) is 30.3 Å². The fourth-order valence-corrected chi connectivity index (χ4v) is 5.29. The van der Waals surface area contributed by atoms with Crippen molar-refractivity contribution in [2.75, 3.05) is 13.6 Å². The van der Waals surface area contributed by atoms with Gasteiger partial charge in [-0.15, -0.1) is 0 Å². The van der Waals surface area contributed by atoms with E-state index in [0.717, 1.165) is 16.9 Å². The zero-order chi connectivity index (χ0) is 33.0. The lowest BCUT2D eigenvalue weighted by molar-refractivity contribution is -0.140. The van der Waals surface area contributed by atoms with Crippen molar-refractivity contribution in [1.29, 1.82) is 0 Å². The van der Waals surface area contributed by atoms with Gasteiger partial charge in [0, 0.05) is 22.9 Å². The Labute approximate surface area is 258 Å². The Hall–Kier alpha value is -5.15. The molecule has 238 valence electrons. The van der Waals surface area contributed by atoms with E-state index < -0.39 is 77.0 Å². The molecule has 0 aliphatic heterocycles. The van der Waals surface area contributed by atoms with Crippen molar-refractivity contribution >= 4 is 50.4 Å². The van der Waals surface area contributed by atoms with Crippen LogP contribution in [0.3, 0.4) is 0 Å². The van der Waals surface area contributed by atoms with Crippen molar-refractivity contribution in [1.82, 2.24) is 26.3 Å². The van der Waals surface area contributed by atoms with Gasteiger partial charge < -0.3 is 31.5 Å². The number of benzene rings is 2. The standard InChI is InChI=1S/C30H33N5O9S/c1-31-24(17-28(39)40)30(42)35-25(15-20-12-11-19-7-5-6-10-23(19)33-20)29(41)32-18-26(36)34-21(16-27(37)38)13-14-45(43,44)22-8-3-2-4-9-22/h2-14,21,24-25,31H,15-18H2,1H3,(H,32,41)(H,34,36)(H,35,42)(H,37,38)(H,39,40)/b14-13+/t21?,24-,25?/m0/s1. The Kier molecular flexibility index (Phi) is 12.3. The molecule has 14 nitrogen and oxygen atoms in total. The Bertz CT molecular complexity index is 1680. The highest BCUT2D eigenvalue weighted by Crippen LogP contribution is 2.14. The molecule has 0 fully saturated rings. The van der Waals surface area contributed by atoms with Crippen LogP contribution in [0.1, 0.15) is 18.5 Å². The van der Waals surface area contributed by atoms with Gasteiger partial charge in [0.2, 0.25) is 17.7 Å². The van der Waals surface area contributed by atoms with E-state index >= 15 is 0 Å². The molecule has 0 aliphatic rings. The van der Waals surface area contributed by atoms with Crippen molar-refractivity contribution in [3.8, 4) is 0 Å². The number of aliphatic carboxylic acids is 2. The molecule has 2 aromatic carbocycles. The van der Waals surface area contributed by atoms with Gasteiger partial charge in [-0.05, 0) is 37.4 Å². The van der Waals surface area contributed by atoms with Crippen LogP contribution in [-0.4, -0.2) is 85.0 Å². The zero-order valence-electron chi connectivity index (χ0n) is 24.2. The van der Waals surface area contributed by atoms with E-state index in [-0.39, 0.29) is 11.3 Å². The van der Waals surface area contributed by atoms with Crippen molar-refractivity contribution < 1.29 is 42.6 Å². The fraction of sp³-hybridized carbons (Fsp3) is 0.267. The van der Waals surface area contributed by atoms with Crippen LogP contribution in [0.4, 0.5) is 0 Å². The van der Waals surface area contributed by atoms with Crippen molar-refractivity contribution in [3.05, 3.63) is 83.9 Å². The molecule has 3 aromatic rings. The van der Waals surface area contributed by atoms with E-state index in [9.17, 15) is 37.5 Å². The maximum absolute atomic E-state index is 13.2. The molecule has 1 aromatic heterocycles. The van der Waals surface area contributed by atoms with Gasteiger partial charge in [0.1, 0.15) is 6.04 Å². The summed E-state index contributed by atoms with van der Waals surface area (Å²) in [5.74, 6) is -4.94. The first-order valence-electron chi connectivity index (χ1n) is 13.7. The molecule has 2 unspecified atom stereocenters. The highest BCUT2D eigenvalue weighted by atomic mass is 32.2. The number of amides is 3. The number of carboxylic acid groups (broad SMARTS) is 2. The van der Waals surface area contributed by atoms with Crippen LogP contribution >= 0.6 is 0 Å². The number of rotatable bonds is 16. The average Bonchev–Trinajstić information content (AvgIpc) is 3.01. The van der Waals surface area contributed by atoms with Crippen LogP contribution in [0, 0.1) is 0 Å². The molecule has 15 heteroatoms. The molecule has 1 heterocycles. The molecular formula is C30H33N5O9S. The summed E-state index contributed by atoms with van der Waals surface area (Å²) in [5.41, 5.74) is 1.08. The molecule has 0 spiro atoms. The number of carbonyl (C=O) groups excluding carboxylic acids is 3. The number of pyridine rings is 1. The summed E-state index contributed by atoms with van der Waals surface area (Å²) in [6, 6.07) is 14.5. The van der Waals surface area contributed by atoms with E-state index in [1.807, 2.05) is 12.1 Å². The number of hydrogen-bond donors (Lipinski definition) is 6. The van der Waals surface area contributed by atoms with Crippen LogP contribution in [0.25, 0.3) is 10.9 Å². The molecule has 3 amide bonds. The first-order valence-corrected chi connectivity index (χ1v) is 15.2. The summed E-state index contributed by atoms with van der Waals surface area (Å²) in [7, 11) is -2.53. The topological polar surface area (TPSA) is 221 Å². The Morgan fingerprint density at radius 1 is 0.822 bits per heavy atom. The second kappa shape index (κ2) is 16.1. The van der Waals surface area contributed by atoms with Crippen LogP contribution in [0.15, 0.2) is 83.1 Å². The van der Waals surface area contributed by atoms with Crippen molar-refractivity contribution in [2.24, 2.45) is 0 Å². The van der Waals surface area contributed by atoms with Gasteiger partial charge in [-0.1, -0.05) is 42.5 Å². The molecule has 6 N–H and O–H groups in total. The summed E-state index contributed by atoms with van der Waals surface area (Å²) in [6.07, 6.45) is -0.256. The Morgan fingerprint density at radius 2 is 1.49 bits per heavy atom. The number of para-hydroxylation sites is 1. The SMILES string of the molecule is CN[C@@H](CC(=O)O)C(=O)NC(Cc1ccc2ccccc2n1)C(=O)NCC(=O)NC(/C=C/S(=O)(=O)c1ccccc1)CC(=O)O. The normalized spacial score (nSPS) is 13.4. The molecular weight excluding hydrogens is 606 g/mol. The predicted molar refractivity (Wildman–Crippen MR) is 162 cm³/mol. The number of fused-ring (bicyclic) bond motifs is 1. The summed E-state index contributed by atoms with van der Waals surface area (Å²) >= 11 is 0. The van der Waals surface area contributed by atoms with Gasteiger partial charge in [0.05, 0.1) is 41.9 Å². The molecule has 3 atom stereocenters. The minimum absolute atomic E-state index is 0.0215. The predicted octanol–water partition coefficient (Wildman–Crippen LogP) is 0.388. The van der Waals surface area contributed by atoms with Crippen LogP contribution in [0.5, 0.6) is 0 Å². The lowest BCUT2D eigenvalue weighted by Crippen LogP contribution is -2.54. The van der Waals surface area contributed by atoms with Gasteiger partial charge in [0.25, 0.3) is 0 Å². The molecule has 0 saturated heterocycles. The Balaban J connectivity index is 1.72. The van der Waals surface area contributed by atoms with Crippen LogP contribution in [0.2, 0.25) is 0 Å². The second-order valence-electron chi connectivity index (χ2n) is 9.88. The summed E-state index contributed by atoms with van der Waals surface area (Å²) < 4.78 is 25.1. The highest BCUT2D eigenvalue weighted by molar-refractivity contribution is 7.94. The summed E-state index contributed by atoms with van der Waals surface area (Å²) in [5, 5.41) is 29.9. The number of carboxylic acids is 2. The molecule has 45 heavy (non-hydrogen) atoms.